The van der Waals surface area contributed by atoms with E-state index in [0.717, 1.165) is 18.5 Å². The number of amides is 1. The molecule has 1 amide bonds. The van der Waals surface area contributed by atoms with Gasteiger partial charge in [-0.05, 0) is 43.9 Å². The predicted molar refractivity (Wildman–Crippen MR) is 99.9 cm³/mol. The number of anilines is 1. The van der Waals surface area contributed by atoms with Gasteiger partial charge in [0, 0.05) is 12.6 Å². The van der Waals surface area contributed by atoms with Crippen LogP contribution in [0.2, 0.25) is 0 Å². The zero-order chi connectivity index (χ0) is 18.9. The van der Waals surface area contributed by atoms with Crippen molar-refractivity contribution in [1.82, 2.24) is 9.62 Å². The second-order valence-corrected chi connectivity index (χ2v) is 9.71. The minimum atomic E-state index is -3.65. The summed E-state index contributed by atoms with van der Waals surface area (Å²) in [7, 11) is -1.97. The molecule has 140 valence electrons. The number of fused-ring (bicyclic) bond motifs is 3. The molecule has 0 spiro atoms. The molecule has 1 aromatic carbocycles. The fraction of sp³-hybridized carbons (Fsp3) is 0.556. The molecule has 1 atom stereocenters. The topological polar surface area (TPSA) is 82.1 Å². The maximum absolute atomic E-state index is 12.8. The van der Waals surface area contributed by atoms with E-state index >= 15 is 0 Å². The first kappa shape index (κ1) is 17.5. The van der Waals surface area contributed by atoms with Gasteiger partial charge in [0.2, 0.25) is 16.0 Å². The molecular weight excluding hydrogens is 352 g/mol. The van der Waals surface area contributed by atoms with E-state index in [2.05, 4.69) is 28.5 Å². The van der Waals surface area contributed by atoms with E-state index in [1.807, 2.05) is 6.92 Å². The number of hydrogen-bond donors (Lipinski definition) is 1. The lowest BCUT2D eigenvalue weighted by atomic mass is 10.0. The molecule has 26 heavy (non-hydrogen) atoms. The van der Waals surface area contributed by atoms with Crippen molar-refractivity contribution < 1.29 is 13.2 Å². The molecule has 8 heteroatoms. The molecule has 0 radical (unpaired) electrons. The second kappa shape index (κ2) is 5.53. The van der Waals surface area contributed by atoms with Gasteiger partial charge >= 0.3 is 0 Å². The third-order valence-corrected chi connectivity index (χ3v) is 7.13. The van der Waals surface area contributed by atoms with Crippen LogP contribution < -0.4 is 9.62 Å². The molecule has 1 fully saturated rings. The standard InChI is InChI=1S/C18H24N4O3S/c1-11(2)15-10-19-17-21(4)16(23)13-9-12(5-6-14(13)22(15)17)26(24,25)20-18(3)7-8-18/h5-6,9,11,15,20H,7-8,10H2,1-4H3. The van der Waals surface area contributed by atoms with Gasteiger partial charge < -0.3 is 4.90 Å². The van der Waals surface area contributed by atoms with Crippen LogP contribution in [-0.4, -0.2) is 50.4 Å². The van der Waals surface area contributed by atoms with Crippen LogP contribution in [0.25, 0.3) is 0 Å². The summed E-state index contributed by atoms with van der Waals surface area (Å²) in [6.45, 7) is 6.77. The molecule has 3 aliphatic rings. The number of nitrogens with one attached hydrogen (secondary N) is 1. The molecule has 4 rings (SSSR count). The molecule has 7 nitrogen and oxygen atoms in total. The first-order valence-corrected chi connectivity index (χ1v) is 10.4. The summed E-state index contributed by atoms with van der Waals surface area (Å²) in [5.41, 5.74) is 0.787. The van der Waals surface area contributed by atoms with E-state index < -0.39 is 10.0 Å². The van der Waals surface area contributed by atoms with Crippen LogP contribution in [0.5, 0.6) is 0 Å². The van der Waals surface area contributed by atoms with Crippen molar-refractivity contribution in [2.24, 2.45) is 10.9 Å². The fourth-order valence-electron chi connectivity index (χ4n) is 3.55. The molecule has 1 aliphatic carbocycles. The van der Waals surface area contributed by atoms with Crippen molar-refractivity contribution in [1.29, 1.82) is 0 Å². The van der Waals surface area contributed by atoms with Gasteiger partial charge in [-0.15, -0.1) is 0 Å². The van der Waals surface area contributed by atoms with Crippen LogP contribution in [0.4, 0.5) is 5.69 Å². The SMILES string of the molecule is CC(C)C1CN=C2N(C)C(=O)c3cc(S(=O)(=O)NC4(C)CC4)ccc3N21. The van der Waals surface area contributed by atoms with E-state index in [4.69, 9.17) is 0 Å². The van der Waals surface area contributed by atoms with Gasteiger partial charge in [-0.1, -0.05) is 13.8 Å². The molecule has 1 saturated carbocycles. The average Bonchev–Trinajstić information content (AvgIpc) is 3.11. The van der Waals surface area contributed by atoms with Crippen LogP contribution in [0.1, 0.15) is 44.0 Å². The Morgan fingerprint density at radius 2 is 2.00 bits per heavy atom. The summed E-state index contributed by atoms with van der Waals surface area (Å²) in [6, 6.07) is 4.97. The highest BCUT2D eigenvalue weighted by Crippen LogP contribution is 2.38. The molecule has 1 N–H and O–H groups in total. The number of rotatable bonds is 4. The van der Waals surface area contributed by atoms with Crippen molar-refractivity contribution in [3.8, 4) is 0 Å². The number of guanidine groups is 1. The van der Waals surface area contributed by atoms with Gasteiger partial charge in [0.05, 0.1) is 28.7 Å². The van der Waals surface area contributed by atoms with Gasteiger partial charge in [-0.3, -0.25) is 14.7 Å². The smallest absolute Gasteiger partial charge is 0.262 e. The van der Waals surface area contributed by atoms with Crippen molar-refractivity contribution in [2.45, 2.75) is 50.1 Å². The highest BCUT2D eigenvalue weighted by Gasteiger charge is 2.43. The maximum Gasteiger partial charge on any atom is 0.262 e. The number of carbonyl (C=O) groups is 1. The highest BCUT2D eigenvalue weighted by molar-refractivity contribution is 7.89. The largest absolute Gasteiger partial charge is 0.306 e. The minimum Gasteiger partial charge on any atom is -0.306 e. The number of nitrogens with zero attached hydrogens (tertiary/aromatic N) is 3. The van der Waals surface area contributed by atoms with Crippen molar-refractivity contribution >= 4 is 27.6 Å². The Morgan fingerprint density at radius 3 is 2.62 bits per heavy atom. The third kappa shape index (κ3) is 2.63. The van der Waals surface area contributed by atoms with Gasteiger partial charge in [-0.25, -0.2) is 13.1 Å². The number of sulfonamides is 1. The van der Waals surface area contributed by atoms with Gasteiger partial charge in [0.1, 0.15) is 0 Å². The Hall–Kier alpha value is -1.93. The van der Waals surface area contributed by atoms with Crippen LogP contribution >= 0.6 is 0 Å². The monoisotopic (exact) mass is 376 g/mol. The molecule has 0 saturated heterocycles. The summed E-state index contributed by atoms with van der Waals surface area (Å²) in [5, 5.41) is 0. The Bertz CT molecular complexity index is 918. The van der Waals surface area contributed by atoms with Crippen molar-refractivity contribution in [3.63, 3.8) is 0 Å². The molecule has 0 aromatic heterocycles. The summed E-state index contributed by atoms with van der Waals surface area (Å²) < 4.78 is 28.1. The zero-order valence-electron chi connectivity index (χ0n) is 15.5. The predicted octanol–water partition coefficient (Wildman–Crippen LogP) is 1.80. The Balaban J connectivity index is 1.78. The van der Waals surface area contributed by atoms with Crippen molar-refractivity contribution in [3.05, 3.63) is 23.8 Å². The lowest BCUT2D eigenvalue weighted by Gasteiger charge is -2.38. The third-order valence-electron chi connectivity index (χ3n) is 5.49. The number of hydrogen-bond acceptors (Lipinski definition) is 5. The fourth-order valence-corrected chi connectivity index (χ4v) is 5.04. The molecule has 1 aromatic rings. The van der Waals surface area contributed by atoms with Gasteiger partial charge in [0.15, 0.2) is 0 Å². The van der Waals surface area contributed by atoms with Crippen LogP contribution in [0.3, 0.4) is 0 Å². The van der Waals surface area contributed by atoms with E-state index in [1.54, 1.807) is 19.2 Å². The quantitative estimate of drug-likeness (QED) is 0.869. The normalized spacial score (nSPS) is 23.8. The van der Waals surface area contributed by atoms with Gasteiger partial charge in [-0.2, -0.15) is 0 Å². The van der Waals surface area contributed by atoms with Crippen LogP contribution in [0.15, 0.2) is 28.1 Å². The minimum absolute atomic E-state index is 0.131. The Kier molecular flexibility index (Phi) is 3.72. The van der Waals surface area contributed by atoms with E-state index in [0.29, 0.717) is 24.0 Å². The zero-order valence-corrected chi connectivity index (χ0v) is 16.3. The number of benzene rings is 1. The molecule has 2 aliphatic heterocycles. The summed E-state index contributed by atoms with van der Waals surface area (Å²) in [4.78, 5) is 21.1. The van der Waals surface area contributed by atoms with Gasteiger partial charge in [0.25, 0.3) is 5.91 Å². The summed E-state index contributed by atoms with van der Waals surface area (Å²) in [6.07, 6.45) is 1.67. The Labute approximate surface area is 154 Å². The van der Waals surface area contributed by atoms with E-state index in [9.17, 15) is 13.2 Å². The van der Waals surface area contributed by atoms with Crippen LogP contribution in [-0.2, 0) is 10.0 Å². The first-order valence-electron chi connectivity index (χ1n) is 8.93. The lowest BCUT2D eigenvalue weighted by molar-refractivity contribution is 0.0864. The maximum atomic E-state index is 12.8. The molecule has 0 bridgehead atoms. The molecule has 2 heterocycles. The highest BCUT2D eigenvalue weighted by atomic mass is 32.2. The van der Waals surface area contributed by atoms with E-state index in [-0.39, 0.29) is 22.4 Å². The van der Waals surface area contributed by atoms with Crippen molar-refractivity contribution in [2.75, 3.05) is 18.5 Å². The molecular formula is C18H24N4O3S. The van der Waals surface area contributed by atoms with E-state index in [1.165, 1.54) is 11.0 Å². The van der Waals surface area contributed by atoms with Crippen LogP contribution in [0, 0.1) is 5.92 Å². The lowest BCUT2D eigenvalue weighted by Crippen LogP contribution is -2.52. The summed E-state index contributed by atoms with van der Waals surface area (Å²) >= 11 is 0. The number of carbonyl (C=O) groups excluding carboxylic acids is 1. The first-order chi connectivity index (χ1) is 12.1. The Morgan fingerprint density at radius 1 is 1.31 bits per heavy atom. The number of aliphatic imine (C=N–C) groups is 1. The summed E-state index contributed by atoms with van der Waals surface area (Å²) in [5.74, 6) is 0.764. The molecule has 1 unspecified atom stereocenters. The second-order valence-electron chi connectivity index (χ2n) is 8.03. The average molecular weight is 376 g/mol.